The van der Waals surface area contributed by atoms with Crippen LogP contribution in [0.1, 0.15) is 42.3 Å². The standard InChI is InChI=1S/C18H20FN3O2/c1-24-15(12-3-5-13(19)6-4-12)17(23)22-10-7-14-16(21-11-20-14)18(22)8-2-9-18/h3-6,11,15H,2,7-10H2,1H3,(H,20,21). The van der Waals surface area contributed by atoms with Crippen molar-refractivity contribution in [3.05, 3.63) is 53.4 Å². The van der Waals surface area contributed by atoms with Crippen LogP contribution in [0.2, 0.25) is 0 Å². The van der Waals surface area contributed by atoms with E-state index in [0.717, 1.165) is 37.1 Å². The highest BCUT2D eigenvalue weighted by Crippen LogP contribution is 2.49. The predicted molar refractivity (Wildman–Crippen MR) is 85.7 cm³/mol. The molecule has 1 amide bonds. The Bertz CT molecular complexity index is 752. The average Bonchev–Trinajstić information content (AvgIpc) is 3.03. The fourth-order valence-corrected chi connectivity index (χ4v) is 3.98. The second-order valence-corrected chi connectivity index (χ2v) is 6.52. The van der Waals surface area contributed by atoms with Crippen LogP contribution in [-0.2, 0) is 21.5 Å². The molecule has 4 rings (SSSR count). The summed E-state index contributed by atoms with van der Waals surface area (Å²) in [5.74, 6) is -0.395. The van der Waals surface area contributed by atoms with Crippen LogP contribution in [0, 0.1) is 5.82 Å². The van der Waals surface area contributed by atoms with Gasteiger partial charge in [-0.25, -0.2) is 9.37 Å². The zero-order valence-electron chi connectivity index (χ0n) is 13.6. The maximum Gasteiger partial charge on any atom is 0.257 e. The zero-order valence-corrected chi connectivity index (χ0v) is 13.6. The fraction of sp³-hybridized carbons (Fsp3) is 0.444. The second kappa shape index (κ2) is 5.70. The molecule has 0 saturated heterocycles. The van der Waals surface area contributed by atoms with Gasteiger partial charge in [0.25, 0.3) is 5.91 Å². The molecule has 1 atom stereocenters. The second-order valence-electron chi connectivity index (χ2n) is 6.52. The number of imidazole rings is 1. The highest BCUT2D eigenvalue weighted by Gasteiger charge is 2.52. The molecule has 1 unspecified atom stereocenters. The third-order valence-corrected chi connectivity index (χ3v) is 5.34. The molecule has 0 radical (unpaired) electrons. The van der Waals surface area contributed by atoms with E-state index in [9.17, 15) is 9.18 Å². The van der Waals surface area contributed by atoms with Crippen molar-refractivity contribution in [2.45, 2.75) is 37.3 Å². The van der Waals surface area contributed by atoms with Gasteiger partial charge >= 0.3 is 0 Å². The molecule has 6 heteroatoms. The van der Waals surface area contributed by atoms with E-state index >= 15 is 0 Å². The summed E-state index contributed by atoms with van der Waals surface area (Å²) in [6, 6.07) is 5.93. The van der Waals surface area contributed by atoms with E-state index in [-0.39, 0.29) is 17.3 Å². The van der Waals surface area contributed by atoms with Crippen molar-refractivity contribution < 1.29 is 13.9 Å². The Morgan fingerprint density at radius 3 is 2.75 bits per heavy atom. The number of nitrogens with zero attached hydrogens (tertiary/aromatic N) is 2. The Morgan fingerprint density at radius 1 is 1.38 bits per heavy atom. The summed E-state index contributed by atoms with van der Waals surface area (Å²) in [7, 11) is 1.52. The monoisotopic (exact) mass is 329 g/mol. The Kier molecular flexibility index (Phi) is 3.64. The first kappa shape index (κ1) is 15.3. The number of amides is 1. The van der Waals surface area contributed by atoms with Gasteiger partial charge in [-0.2, -0.15) is 0 Å². The van der Waals surface area contributed by atoms with E-state index in [1.165, 1.54) is 19.2 Å². The Labute approximate surface area is 139 Å². The SMILES string of the molecule is COC(C(=O)N1CCc2[nH]cnc2C12CCC2)c1ccc(F)cc1. The summed E-state index contributed by atoms with van der Waals surface area (Å²) in [6.45, 7) is 0.648. The first-order chi connectivity index (χ1) is 11.7. The number of H-pyrrole nitrogens is 1. The molecule has 2 aromatic rings. The van der Waals surface area contributed by atoms with E-state index in [0.29, 0.717) is 12.1 Å². The molecular weight excluding hydrogens is 309 g/mol. The largest absolute Gasteiger partial charge is 0.367 e. The molecule has 126 valence electrons. The molecule has 0 bridgehead atoms. The van der Waals surface area contributed by atoms with Crippen LogP contribution in [-0.4, -0.2) is 34.4 Å². The highest BCUT2D eigenvalue weighted by atomic mass is 19.1. The van der Waals surface area contributed by atoms with Crippen LogP contribution in [0.4, 0.5) is 4.39 Å². The summed E-state index contributed by atoms with van der Waals surface area (Å²) in [5.41, 5.74) is 2.50. The smallest absolute Gasteiger partial charge is 0.257 e. The fourth-order valence-electron chi connectivity index (χ4n) is 3.98. The van der Waals surface area contributed by atoms with Gasteiger partial charge in [-0.05, 0) is 37.0 Å². The molecule has 1 aliphatic carbocycles. The van der Waals surface area contributed by atoms with E-state index in [4.69, 9.17) is 4.74 Å². The van der Waals surface area contributed by atoms with Crippen LogP contribution >= 0.6 is 0 Å². The molecule has 5 nitrogen and oxygen atoms in total. The minimum Gasteiger partial charge on any atom is -0.367 e. The van der Waals surface area contributed by atoms with Gasteiger partial charge in [0.15, 0.2) is 6.10 Å². The first-order valence-corrected chi connectivity index (χ1v) is 8.28. The van der Waals surface area contributed by atoms with Crippen LogP contribution < -0.4 is 0 Å². The van der Waals surface area contributed by atoms with Crippen LogP contribution in [0.25, 0.3) is 0 Å². The number of carbonyl (C=O) groups is 1. The summed E-state index contributed by atoms with van der Waals surface area (Å²) >= 11 is 0. The molecule has 1 aromatic carbocycles. The Morgan fingerprint density at radius 2 is 2.12 bits per heavy atom. The van der Waals surface area contributed by atoms with Crippen molar-refractivity contribution in [1.82, 2.24) is 14.9 Å². The van der Waals surface area contributed by atoms with Gasteiger partial charge < -0.3 is 14.6 Å². The summed E-state index contributed by atoms with van der Waals surface area (Å²) in [6.07, 6.45) is 4.70. The average molecular weight is 329 g/mol. The van der Waals surface area contributed by atoms with E-state index in [2.05, 4.69) is 9.97 Å². The van der Waals surface area contributed by atoms with Crippen molar-refractivity contribution in [2.75, 3.05) is 13.7 Å². The van der Waals surface area contributed by atoms with Gasteiger partial charge in [0, 0.05) is 25.8 Å². The lowest BCUT2D eigenvalue weighted by atomic mass is 9.70. The van der Waals surface area contributed by atoms with Gasteiger partial charge in [0.1, 0.15) is 5.82 Å². The molecule has 1 fully saturated rings. The van der Waals surface area contributed by atoms with Crippen molar-refractivity contribution in [2.24, 2.45) is 0 Å². The molecule has 1 aromatic heterocycles. The molecular formula is C18H20FN3O2. The van der Waals surface area contributed by atoms with Crippen molar-refractivity contribution >= 4 is 5.91 Å². The Balaban J connectivity index is 1.67. The lowest BCUT2D eigenvalue weighted by Gasteiger charge is -2.52. The van der Waals surface area contributed by atoms with Crippen molar-refractivity contribution in [3.63, 3.8) is 0 Å². The lowest BCUT2D eigenvalue weighted by Crippen LogP contribution is -2.58. The topological polar surface area (TPSA) is 58.2 Å². The number of fused-ring (bicyclic) bond motifs is 2. The van der Waals surface area contributed by atoms with Gasteiger partial charge in [0.2, 0.25) is 0 Å². The minimum absolute atomic E-state index is 0.0718. The molecule has 1 spiro atoms. The number of aromatic amines is 1. The maximum absolute atomic E-state index is 13.2. The summed E-state index contributed by atoms with van der Waals surface area (Å²) in [4.78, 5) is 22.8. The zero-order chi connectivity index (χ0) is 16.7. The quantitative estimate of drug-likeness (QED) is 0.942. The van der Waals surface area contributed by atoms with Gasteiger partial charge in [-0.15, -0.1) is 0 Å². The van der Waals surface area contributed by atoms with Gasteiger partial charge in [-0.1, -0.05) is 12.1 Å². The number of halogens is 1. The van der Waals surface area contributed by atoms with Crippen molar-refractivity contribution in [3.8, 4) is 0 Å². The lowest BCUT2D eigenvalue weighted by molar-refractivity contribution is -0.155. The Hall–Kier alpha value is -2.21. The van der Waals surface area contributed by atoms with Gasteiger partial charge in [0.05, 0.1) is 17.6 Å². The highest BCUT2D eigenvalue weighted by molar-refractivity contribution is 5.83. The van der Waals surface area contributed by atoms with E-state index in [1.54, 1.807) is 18.5 Å². The number of methoxy groups -OCH3 is 1. The third kappa shape index (κ3) is 2.17. The molecule has 24 heavy (non-hydrogen) atoms. The molecule has 1 N–H and O–H groups in total. The molecule has 1 aliphatic heterocycles. The van der Waals surface area contributed by atoms with E-state index in [1.807, 2.05) is 4.90 Å². The third-order valence-electron chi connectivity index (χ3n) is 5.34. The number of hydrogen-bond donors (Lipinski definition) is 1. The number of rotatable bonds is 3. The first-order valence-electron chi connectivity index (χ1n) is 8.28. The van der Waals surface area contributed by atoms with Crippen LogP contribution in [0.3, 0.4) is 0 Å². The van der Waals surface area contributed by atoms with E-state index < -0.39 is 6.10 Å². The molecule has 2 aliphatic rings. The number of hydrogen-bond acceptors (Lipinski definition) is 3. The summed E-state index contributed by atoms with van der Waals surface area (Å²) in [5, 5.41) is 0. The summed E-state index contributed by atoms with van der Waals surface area (Å²) < 4.78 is 18.7. The van der Waals surface area contributed by atoms with Crippen LogP contribution in [0.5, 0.6) is 0 Å². The number of nitrogens with one attached hydrogen (secondary N) is 1. The molecule has 1 saturated carbocycles. The van der Waals surface area contributed by atoms with Gasteiger partial charge in [-0.3, -0.25) is 4.79 Å². The van der Waals surface area contributed by atoms with Crippen molar-refractivity contribution in [1.29, 1.82) is 0 Å². The molecule has 2 heterocycles. The number of carbonyl (C=O) groups excluding carboxylic acids is 1. The number of aromatic nitrogens is 2. The number of benzene rings is 1. The normalized spacial score (nSPS) is 19.7. The number of ether oxygens (including phenoxy) is 1. The predicted octanol–water partition coefficient (Wildman–Crippen LogP) is 2.70. The minimum atomic E-state index is -0.719. The van der Waals surface area contributed by atoms with Crippen LogP contribution in [0.15, 0.2) is 30.6 Å². The maximum atomic E-state index is 13.2.